The van der Waals surface area contributed by atoms with Crippen molar-refractivity contribution >= 4 is 5.91 Å². The van der Waals surface area contributed by atoms with Gasteiger partial charge in [0, 0.05) is 18.5 Å². The van der Waals surface area contributed by atoms with Crippen molar-refractivity contribution in [3.05, 3.63) is 0 Å². The minimum atomic E-state index is 0.219. The first-order chi connectivity index (χ1) is 9.31. The second-order valence-electron chi connectivity index (χ2n) is 6.44. The quantitative estimate of drug-likeness (QED) is 0.769. The van der Waals surface area contributed by atoms with Gasteiger partial charge in [-0.05, 0) is 31.6 Å². The molecule has 2 fully saturated rings. The van der Waals surface area contributed by atoms with Crippen molar-refractivity contribution in [3.63, 3.8) is 0 Å². The van der Waals surface area contributed by atoms with Crippen LogP contribution in [-0.4, -0.2) is 18.5 Å². The van der Waals surface area contributed by atoms with Gasteiger partial charge in [0.05, 0.1) is 0 Å². The Labute approximate surface area is 117 Å². The van der Waals surface area contributed by atoms with E-state index in [0.29, 0.717) is 12.5 Å². The van der Waals surface area contributed by atoms with Crippen LogP contribution in [0.4, 0.5) is 0 Å². The molecule has 2 saturated carbocycles. The van der Waals surface area contributed by atoms with Crippen molar-refractivity contribution in [2.75, 3.05) is 6.54 Å². The Hall–Kier alpha value is -0.570. The summed E-state index contributed by atoms with van der Waals surface area (Å²) in [5, 5.41) is 3.27. The summed E-state index contributed by atoms with van der Waals surface area (Å²) in [5.41, 5.74) is 5.90. The smallest absolute Gasteiger partial charge is 0.223 e. The molecule has 0 aliphatic heterocycles. The van der Waals surface area contributed by atoms with Gasteiger partial charge in [-0.1, -0.05) is 44.9 Å². The molecule has 1 amide bonds. The van der Waals surface area contributed by atoms with Crippen LogP contribution in [0.25, 0.3) is 0 Å². The summed E-state index contributed by atoms with van der Waals surface area (Å²) in [4.78, 5) is 12.4. The molecule has 0 bridgehead atoms. The molecule has 0 heterocycles. The second kappa shape index (κ2) is 7.88. The zero-order valence-electron chi connectivity index (χ0n) is 12.2. The minimum Gasteiger partial charge on any atom is -0.352 e. The number of hydrogen-bond donors (Lipinski definition) is 2. The van der Waals surface area contributed by atoms with Gasteiger partial charge in [-0.3, -0.25) is 4.79 Å². The molecule has 3 heteroatoms. The highest BCUT2D eigenvalue weighted by molar-refractivity contribution is 5.79. The van der Waals surface area contributed by atoms with E-state index in [2.05, 4.69) is 5.32 Å². The Bertz CT molecular complexity index is 266. The molecule has 2 aliphatic rings. The van der Waals surface area contributed by atoms with Crippen LogP contribution in [-0.2, 0) is 4.79 Å². The number of nitrogens with two attached hydrogens (primary N) is 1. The number of rotatable bonds is 4. The molecule has 0 saturated heterocycles. The molecule has 19 heavy (non-hydrogen) atoms. The maximum atomic E-state index is 12.4. The molecule has 0 aromatic heterocycles. The molecule has 3 nitrogen and oxygen atoms in total. The lowest BCUT2D eigenvalue weighted by Gasteiger charge is -2.31. The van der Waals surface area contributed by atoms with E-state index < -0.39 is 0 Å². The SMILES string of the molecule is NCC(NC(=O)C1CCCCCC1)C1CCCCC1. The van der Waals surface area contributed by atoms with Gasteiger partial charge in [0.2, 0.25) is 5.91 Å². The largest absolute Gasteiger partial charge is 0.352 e. The molecule has 0 aromatic carbocycles. The van der Waals surface area contributed by atoms with E-state index in [0.717, 1.165) is 12.8 Å². The minimum absolute atomic E-state index is 0.219. The molecule has 110 valence electrons. The summed E-state index contributed by atoms with van der Waals surface area (Å²) < 4.78 is 0. The highest BCUT2D eigenvalue weighted by atomic mass is 16.1. The van der Waals surface area contributed by atoms with Gasteiger partial charge in [0.1, 0.15) is 0 Å². The molecule has 0 spiro atoms. The fraction of sp³-hybridized carbons (Fsp3) is 0.938. The van der Waals surface area contributed by atoms with Crippen molar-refractivity contribution in [1.82, 2.24) is 5.32 Å². The Balaban J connectivity index is 1.83. The molecular weight excluding hydrogens is 236 g/mol. The maximum absolute atomic E-state index is 12.4. The zero-order valence-corrected chi connectivity index (χ0v) is 12.2. The number of amides is 1. The lowest BCUT2D eigenvalue weighted by atomic mass is 9.83. The van der Waals surface area contributed by atoms with E-state index >= 15 is 0 Å². The third-order valence-corrected chi connectivity index (χ3v) is 5.03. The molecule has 3 N–H and O–H groups in total. The van der Waals surface area contributed by atoms with Crippen molar-refractivity contribution in [2.24, 2.45) is 17.6 Å². The van der Waals surface area contributed by atoms with Crippen LogP contribution in [0.3, 0.4) is 0 Å². The van der Waals surface area contributed by atoms with Crippen LogP contribution in [0, 0.1) is 11.8 Å². The van der Waals surface area contributed by atoms with Crippen LogP contribution in [0.1, 0.15) is 70.6 Å². The molecular formula is C16H30N2O. The average Bonchev–Trinajstić information content (AvgIpc) is 2.74. The van der Waals surface area contributed by atoms with Crippen LogP contribution < -0.4 is 11.1 Å². The highest BCUT2D eigenvalue weighted by Crippen LogP contribution is 2.27. The molecule has 1 unspecified atom stereocenters. The summed E-state index contributed by atoms with van der Waals surface area (Å²) in [6.07, 6.45) is 13.6. The Morgan fingerprint density at radius 3 is 2.05 bits per heavy atom. The third-order valence-electron chi connectivity index (χ3n) is 5.03. The van der Waals surface area contributed by atoms with Crippen molar-refractivity contribution < 1.29 is 4.79 Å². The van der Waals surface area contributed by atoms with Gasteiger partial charge < -0.3 is 11.1 Å². The first-order valence-corrected chi connectivity index (χ1v) is 8.31. The monoisotopic (exact) mass is 266 g/mol. The maximum Gasteiger partial charge on any atom is 0.223 e. The highest BCUT2D eigenvalue weighted by Gasteiger charge is 2.27. The summed E-state index contributed by atoms with van der Waals surface area (Å²) in [6, 6.07) is 0.219. The number of nitrogens with one attached hydrogen (secondary N) is 1. The van der Waals surface area contributed by atoms with Crippen LogP contribution in [0.2, 0.25) is 0 Å². The first kappa shape index (κ1) is 14.8. The molecule has 2 rings (SSSR count). The Morgan fingerprint density at radius 1 is 0.947 bits per heavy atom. The van der Waals surface area contributed by atoms with Crippen molar-refractivity contribution in [2.45, 2.75) is 76.7 Å². The Kier molecular flexibility index (Phi) is 6.15. The van der Waals surface area contributed by atoms with E-state index in [1.54, 1.807) is 0 Å². The molecule has 0 aromatic rings. The second-order valence-corrected chi connectivity index (χ2v) is 6.44. The van der Waals surface area contributed by atoms with E-state index in [-0.39, 0.29) is 17.9 Å². The van der Waals surface area contributed by atoms with Gasteiger partial charge >= 0.3 is 0 Å². The van der Waals surface area contributed by atoms with Gasteiger partial charge in [0.25, 0.3) is 0 Å². The average molecular weight is 266 g/mol. The Morgan fingerprint density at radius 2 is 1.47 bits per heavy atom. The topological polar surface area (TPSA) is 55.1 Å². The predicted molar refractivity (Wildman–Crippen MR) is 78.8 cm³/mol. The van der Waals surface area contributed by atoms with Crippen LogP contribution >= 0.6 is 0 Å². The standard InChI is InChI=1S/C16H30N2O/c17-12-15(13-8-6-3-7-9-13)18-16(19)14-10-4-1-2-5-11-14/h13-15H,1-12,17H2,(H,18,19). The number of carbonyl (C=O) groups is 1. The first-order valence-electron chi connectivity index (χ1n) is 8.31. The van der Waals surface area contributed by atoms with Crippen LogP contribution in [0.15, 0.2) is 0 Å². The van der Waals surface area contributed by atoms with Crippen molar-refractivity contribution in [1.29, 1.82) is 0 Å². The lowest BCUT2D eigenvalue weighted by Crippen LogP contribution is -2.47. The summed E-state index contributed by atoms with van der Waals surface area (Å²) >= 11 is 0. The van der Waals surface area contributed by atoms with E-state index in [9.17, 15) is 4.79 Å². The normalized spacial score (nSPS) is 24.7. The fourth-order valence-corrected chi connectivity index (χ4v) is 3.75. The molecule has 2 aliphatic carbocycles. The summed E-state index contributed by atoms with van der Waals surface area (Å²) in [6.45, 7) is 0.600. The van der Waals surface area contributed by atoms with Gasteiger partial charge in [-0.25, -0.2) is 0 Å². The predicted octanol–water partition coefficient (Wildman–Crippen LogP) is 2.98. The van der Waals surface area contributed by atoms with Crippen LogP contribution in [0.5, 0.6) is 0 Å². The lowest BCUT2D eigenvalue weighted by molar-refractivity contribution is -0.126. The number of carbonyl (C=O) groups excluding carboxylic acids is 1. The fourth-order valence-electron chi connectivity index (χ4n) is 3.75. The third kappa shape index (κ3) is 4.48. The van der Waals surface area contributed by atoms with Crippen molar-refractivity contribution in [3.8, 4) is 0 Å². The van der Waals surface area contributed by atoms with E-state index in [1.165, 1.54) is 57.8 Å². The summed E-state index contributed by atoms with van der Waals surface area (Å²) in [5.74, 6) is 1.15. The van der Waals surface area contributed by atoms with Gasteiger partial charge in [-0.2, -0.15) is 0 Å². The van der Waals surface area contributed by atoms with Gasteiger partial charge in [-0.15, -0.1) is 0 Å². The molecule has 0 radical (unpaired) electrons. The van der Waals surface area contributed by atoms with Gasteiger partial charge in [0.15, 0.2) is 0 Å². The summed E-state index contributed by atoms with van der Waals surface area (Å²) in [7, 11) is 0. The number of hydrogen-bond acceptors (Lipinski definition) is 2. The van der Waals surface area contributed by atoms with E-state index in [1.807, 2.05) is 0 Å². The van der Waals surface area contributed by atoms with E-state index in [4.69, 9.17) is 5.73 Å². The molecule has 1 atom stereocenters. The zero-order chi connectivity index (χ0) is 13.5.